The molecule has 0 unspecified atom stereocenters. The second kappa shape index (κ2) is 8.98. The van der Waals surface area contributed by atoms with Crippen LogP contribution in [0.1, 0.15) is 29.7 Å². The largest absolute Gasteiger partial charge is 0.493 e. The number of ether oxygens (including phenoxy) is 2. The summed E-state index contributed by atoms with van der Waals surface area (Å²) in [7, 11) is 1.63. The smallest absolute Gasteiger partial charge is 0.419 e. The SMILES string of the molecule is COc1ccc(CCCCc2oc(=O)[nH]c2O)cc1OCc1ccccc1. The van der Waals surface area contributed by atoms with Crippen LogP contribution in [0.3, 0.4) is 0 Å². The fourth-order valence-electron chi connectivity index (χ4n) is 2.86. The van der Waals surface area contributed by atoms with Crippen LogP contribution in [0, 0.1) is 0 Å². The highest BCUT2D eigenvalue weighted by Gasteiger charge is 2.09. The fraction of sp³-hybridized carbons (Fsp3) is 0.286. The van der Waals surface area contributed by atoms with Crippen LogP contribution in [0.5, 0.6) is 17.4 Å². The number of aryl methyl sites for hydroxylation is 2. The van der Waals surface area contributed by atoms with Gasteiger partial charge in [-0.25, -0.2) is 4.79 Å². The maximum absolute atomic E-state index is 11.0. The van der Waals surface area contributed by atoms with Gasteiger partial charge >= 0.3 is 5.76 Å². The Hall–Kier alpha value is -3.15. The summed E-state index contributed by atoms with van der Waals surface area (Å²) in [6.45, 7) is 0.479. The number of hydrogen-bond donors (Lipinski definition) is 2. The van der Waals surface area contributed by atoms with Crippen LogP contribution in [0.4, 0.5) is 0 Å². The number of unbranched alkanes of at least 4 members (excludes halogenated alkanes) is 1. The third-order valence-electron chi connectivity index (χ3n) is 4.28. The minimum Gasteiger partial charge on any atom is -0.493 e. The van der Waals surface area contributed by atoms with Crippen LogP contribution in [0.2, 0.25) is 0 Å². The first-order valence-corrected chi connectivity index (χ1v) is 8.90. The van der Waals surface area contributed by atoms with Gasteiger partial charge in [-0.3, -0.25) is 4.98 Å². The summed E-state index contributed by atoms with van der Waals surface area (Å²) in [6.07, 6.45) is 3.04. The normalized spacial score (nSPS) is 10.7. The molecular formula is C21H23NO5. The summed E-state index contributed by atoms with van der Waals surface area (Å²) in [5, 5.41) is 9.52. The highest BCUT2D eigenvalue weighted by Crippen LogP contribution is 2.29. The summed E-state index contributed by atoms with van der Waals surface area (Å²) in [4.78, 5) is 13.2. The Kier molecular flexibility index (Phi) is 6.20. The van der Waals surface area contributed by atoms with E-state index in [0.29, 0.717) is 30.3 Å². The molecule has 3 rings (SSSR count). The molecule has 0 bridgehead atoms. The van der Waals surface area contributed by atoms with E-state index in [1.807, 2.05) is 48.5 Å². The molecule has 2 N–H and O–H groups in total. The van der Waals surface area contributed by atoms with Crippen molar-refractivity contribution in [2.24, 2.45) is 0 Å². The van der Waals surface area contributed by atoms with Crippen LogP contribution in [-0.2, 0) is 19.4 Å². The van der Waals surface area contributed by atoms with Crippen molar-refractivity contribution >= 4 is 0 Å². The molecule has 0 amide bonds. The van der Waals surface area contributed by atoms with E-state index in [9.17, 15) is 9.90 Å². The molecule has 0 radical (unpaired) electrons. The number of aromatic hydroxyl groups is 1. The molecule has 0 atom stereocenters. The van der Waals surface area contributed by atoms with Crippen LogP contribution in [0.15, 0.2) is 57.7 Å². The Bertz CT molecular complexity index is 914. The number of oxazole rings is 1. The average Bonchev–Trinajstić information content (AvgIpc) is 3.01. The molecule has 2 aromatic carbocycles. The Morgan fingerprint density at radius 2 is 1.78 bits per heavy atom. The van der Waals surface area contributed by atoms with Gasteiger partial charge in [-0.1, -0.05) is 36.4 Å². The molecule has 1 heterocycles. The van der Waals surface area contributed by atoms with Gasteiger partial charge in [0.15, 0.2) is 17.3 Å². The monoisotopic (exact) mass is 369 g/mol. The van der Waals surface area contributed by atoms with Gasteiger partial charge in [-0.2, -0.15) is 0 Å². The predicted octanol–water partition coefficient (Wildman–Crippen LogP) is 3.83. The van der Waals surface area contributed by atoms with Crippen molar-refractivity contribution in [1.29, 1.82) is 0 Å². The Morgan fingerprint density at radius 1 is 1.00 bits per heavy atom. The Morgan fingerprint density at radius 3 is 2.48 bits per heavy atom. The number of rotatable bonds is 9. The van der Waals surface area contributed by atoms with Crippen LogP contribution >= 0.6 is 0 Å². The van der Waals surface area contributed by atoms with Crippen molar-refractivity contribution in [3.63, 3.8) is 0 Å². The van der Waals surface area contributed by atoms with E-state index in [0.717, 1.165) is 30.4 Å². The predicted molar refractivity (Wildman–Crippen MR) is 101 cm³/mol. The van der Waals surface area contributed by atoms with Crippen molar-refractivity contribution in [3.8, 4) is 17.4 Å². The van der Waals surface area contributed by atoms with Crippen LogP contribution in [-0.4, -0.2) is 17.2 Å². The maximum Gasteiger partial charge on any atom is 0.419 e. The lowest BCUT2D eigenvalue weighted by Crippen LogP contribution is -1.99. The van der Waals surface area contributed by atoms with Crippen molar-refractivity contribution in [3.05, 3.63) is 76.0 Å². The zero-order valence-corrected chi connectivity index (χ0v) is 15.2. The molecule has 0 aliphatic heterocycles. The fourth-order valence-corrected chi connectivity index (χ4v) is 2.86. The number of nitrogens with one attached hydrogen (secondary N) is 1. The quantitative estimate of drug-likeness (QED) is 0.560. The molecule has 0 saturated heterocycles. The Labute approximate surface area is 157 Å². The van der Waals surface area contributed by atoms with Crippen LogP contribution < -0.4 is 15.2 Å². The lowest BCUT2D eigenvalue weighted by Gasteiger charge is -2.12. The summed E-state index contributed by atoms with van der Waals surface area (Å²) in [5.41, 5.74) is 2.23. The van der Waals surface area contributed by atoms with E-state index in [4.69, 9.17) is 13.9 Å². The van der Waals surface area contributed by atoms with E-state index < -0.39 is 5.76 Å². The molecule has 0 spiro atoms. The van der Waals surface area contributed by atoms with Gasteiger partial charge in [0.1, 0.15) is 6.61 Å². The number of hydrogen-bond acceptors (Lipinski definition) is 5. The second-order valence-electron chi connectivity index (χ2n) is 6.25. The number of methoxy groups -OCH3 is 1. The molecule has 0 aliphatic rings. The lowest BCUT2D eigenvalue weighted by molar-refractivity contribution is 0.284. The first kappa shape index (κ1) is 18.6. The van der Waals surface area contributed by atoms with E-state index in [-0.39, 0.29) is 5.88 Å². The summed E-state index contributed by atoms with van der Waals surface area (Å²) in [6, 6.07) is 15.9. The average molecular weight is 369 g/mol. The summed E-state index contributed by atoms with van der Waals surface area (Å²) >= 11 is 0. The molecule has 0 saturated carbocycles. The molecule has 0 fully saturated rings. The molecule has 0 aliphatic carbocycles. The maximum atomic E-state index is 11.0. The van der Waals surface area contributed by atoms with Gasteiger partial charge in [0.25, 0.3) is 0 Å². The van der Waals surface area contributed by atoms with E-state index in [1.165, 1.54) is 0 Å². The third kappa shape index (κ3) is 5.17. The number of aromatic nitrogens is 1. The number of H-pyrrole nitrogens is 1. The first-order chi connectivity index (χ1) is 13.2. The molecule has 3 aromatic rings. The van der Waals surface area contributed by atoms with E-state index in [2.05, 4.69) is 4.98 Å². The number of aromatic amines is 1. The topological polar surface area (TPSA) is 84.7 Å². The zero-order valence-electron chi connectivity index (χ0n) is 15.2. The van der Waals surface area contributed by atoms with Gasteiger partial charge in [0.2, 0.25) is 5.88 Å². The summed E-state index contributed by atoms with van der Waals surface area (Å²) < 4.78 is 16.2. The molecule has 27 heavy (non-hydrogen) atoms. The number of benzene rings is 2. The van der Waals surface area contributed by atoms with Gasteiger partial charge in [-0.05, 0) is 42.5 Å². The van der Waals surface area contributed by atoms with Crippen molar-refractivity contribution in [2.45, 2.75) is 32.3 Å². The second-order valence-corrected chi connectivity index (χ2v) is 6.25. The standard InChI is InChI=1S/C21H23NO5/c1-25-17-12-11-15(7-5-6-10-18-20(23)22-21(24)27-18)13-19(17)26-14-16-8-3-2-4-9-16/h2-4,8-9,11-13,23H,5-7,10,14H2,1H3,(H,22,24). The van der Waals surface area contributed by atoms with Crippen LogP contribution in [0.25, 0.3) is 0 Å². The lowest BCUT2D eigenvalue weighted by atomic mass is 10.1. The van der Waals surface area contributed by atoms with Crippen molar-refractivity contribution < 1.29 is 19.0 Å². The van der Waals surface area contributed by atoms with Gasteiger partial charge < -0.3 is 19.0 Å². The molecule has 6 nitrogen and oxygen atoms in total. The van der Waals surface area contributed by atoms with Gasteiger partial charge in [0, 0.05) is 6.42 Å². The minimum absolute atomic E-state index is 0.180. The van der Waals surface area contributed by atoms with Gasteiger partial charge in [-0.15, -0.1) is 0 Å². The van der Waals surface area contributed by atoms with Crippen molar-refractivity contribution in [1.82, 2.24) is 4.98 Å². The molecule has 6 heteroatoms. The van der Waals surface area contributed by atoms with Gasteiger partial charge in [0.05, 0.1) is 7.11 Å². The van der Waals surface area contributed by atoms with Crippen molar-refractivity contribution in [2.75, 3.05) is 7.11 Å². The molecule has 1 aromatic heterocycles. The Balaban J connectivity index is 1.55. The van der Waals surface area contributed by atoms with E-state index >= 15 is 0 Å². The zero-order chi connectivity index (χ0) is 19.1. The first-order valence-electron chi connectivity index (χ1n) is 8.90. The minimum atomic E-state index is -0.627. The molecular weight excluding hydrogens is 346 g/mol. The summed E-state index contributed by atoms with van der Waals surface area (Å²) in [5.74, 6) is 0.919. The van der Waals surface area contributed by atoms with E-state index in [1.54, 1.807) is 7.11 Å². The highest BCUT2D eigenvalue weighted by molar-refractivity contribution is 5.43. The highest BCUT2D eigenvalue weighted by atomic mass is 16.5. The third-order valence-corrected chi connectivity index (χ3v) is 4.28. The molecule has 142 valence electrons.